The highest BCUT2D eigenvalue weighted by molar-refractivity contribution is 7.99. The number of carbonyl (C=O) groups excluding carboxylic acids is 1. The highest BCUT2D eigenvalue weighted by Gasteiger charge is 2.16. The van der Waals surface area contributed by atoms with Crippen LogP contribution in [-0.4, -0.2) is 36.1 Å². The largest absolute Gasteiger partial charge is 0.493 e. The topological polar surface area (TPSA) is 83.7 Å². The smallest absolute Gasteiger partial charge is 0.339 e. The number of rotatable bonds is 8. The van der Waals surface area contributed by atoms with Crippen molar-refractivity contribution in [1.82, 2.24) is 10.1 Å². The molecular weight excluding hydrogens is 380 g/mol. The molecule has 146 valence electrons. The Hall–Kier alpha value is -3.00. The molecule has 28 heavy (non-hydrogen) atoms. The lowest BCUT2D eigenvalue weighted by atomic mass is 10.2. The van der Waals surface area contributed by atoms with Crippen molar-refractivity contribution in [3.8, 4) is 22.9 Å². The quantitative estimate of drug-likeness (QED) is 0.410. The number of carbonyl (C=O) groups is 1. The fraction of sp³-hybridized carbons (Fsp3) is 0.250. The number of nitrogens with zero attached hydrogens (tertiary/aromatic N) is 2. The van der Waals surface area contributed by atoms with Gasteiger partial charge in [0.15, 0.2) is 18.1 Å². The first-order valence-electron chi connectivity index (χ1n) is 8.60. The summed E-state index contributed by atoms with van der Waals surface area (Å²) in [5.74, 6) is 2.17. The maximum Gasteiger partial charge on any atom is 0.339 e. The molecule has 0 spiro atoms. The zero-order valence-electron chi connectivity index (χ0n) is 15.8. The number of methoxy groups -OCH3 is 2. The van der Waals surface area contributed by atoms with Gasteiger partial charge in [-0.2, -0.15) is 4.98 Å². The highest BCUT2D eigenvalue weighted by atomic mass is 32.2. The summed E-state index contributed by atoms with van der Waals surface area (Å²) in [5.41, 5.74) is 1.22. The molecule has 0 atom stereocenters. The van der Waals surface area contributed by atoms with Crippen molar-refractivity contribution in [2.45, 2.75) is 18.4 Å². The molecule has 0 unspecified atom stereocenters. The average molecular weight is 400 g/mol. The van der Waals surface area contributed by atoms with E-state index in [9.17, 15) is 4.79 Å². The molecule has 1 heterocycles. The molecule has 0 fully saturated rings. The summed E-state index contributed by atoms with van der Waals surface area (Å²) in [6.07, 6.45) is 0. The van der Waals surface area contributed by atoms with Crippen LogP contribution in [-0.2, 0) is 11.3 Å². The summed E-state index contributed by atoms with van der Waals surface area (Å²) in [4.78, 5) is 17.5. The van der Waals surface area contributed by atoms with Crippen molar-refractivity contribution in [2.24, 2.45) is 0 Å². The molecule has 3 rings (SSSR count). The second-order valence-corrected chi connectivity index (χ2v) is 6.89. The lowest BCUT2D eigenvalue weighted by molar-refractivity contribution is 0.0425. The number of thioether (sulfide) groups is 1. The molecule has 0 aliphatic carbocycles. The van der Waals surface area contributed by atoms with E-state index in [-0.39, 0.29) is 12.5 Å². The molecule has 0 aliphatic rings. The molecule has 7 nitrogen and oxygen atoms in total. The van der Waals surface area contributed by atoms with E-state index in [1.165, 1.54) is 0 Å². The van der Waals surface area contributed by atoms with E-state index in [0.717, 1.165) is 10.6 Å². The Kier molecular flexibility index (Phi) is 6.54. The van der Waals surface area contributed by atoms with Crippen molar-refractivity contribution in [2.75, 3.05) is 20.0 Å². The van der Waals surface area contributed by atoms with E-state index in [2.05, 4.69) is 10.1 Å². The molecule has 1 aromatic heterocycles. The van der Waals surface area contributed by atoms with Crippen LogP contribution in [0.5, 0.6) is 11.5 Å². The van der Waals surface area contributed by atoms with Crippen LogP contribution in [0.1, 0.15) is 23.2 Å². The Morgan fingerprint density at radius 1 is 1.11 bits per heavy atom. The molecule has 2 aromatic carbocycles. The third-order valence-electron chi connectivity index (χ3n) is 3.84. The Balaban J connectivity index is 1.69. The average Bonchev–Trinajstić information content (AvgIpc) is 3.21. The molecule has 8 heteroatoms. The van der Waals surface area contributed by atoms with Gasteiger partial charge in [-0.3, -0.25) is 0 Å². The molecule has 0 saturated carbocycles. The monoisotopic (exact) mass is 400 g/mol. The normalized spacial score (nSPS) is 10.5. The molecule has 0 aliphatic heterocycles. The standard InChI is InChI=1S/C20H20N2O5S/c1-4-28-17-8-6-5-7-14(17)20(23)26-12-18-21-19(22-27-18)13-9-10-15(24-2)16(11-13)25-3/h5-11H,4,12H2,1-3H3. The van der Waals surface area contributed by atoms with Crippen molar-refractivity contribution in [3.05, 3.63) is 53.9 Å². The third kappa shape index (κ3) is 4.45. The third-order valence-corrected chi connectivity index (χ3v) is 4.80. The minimum atomic E-state index is -0.428. The van der Waals surface area contributed by atoms with Gasteiger partial charge in [-0.1, -0.05) is 24.2 Å². The van der Waals surface area contributed by atoms with E-state index in [0.29, 0.717) is 28.5 Å². The number of hydrogen-bond donors (Lipinski definition) is 0. The zero-order valence-corrected chi connectivity index (χ0v) is 16.6. The van der Waals surface area contributed by atoms with Gasteiger partial charge < -0.3 is 18.7 Å². The first-order chi connectivity index (χ1) is 13.7. The molecule has 0 bridgehead atoms. The number of hydrogen-bond acceptors (Lipinski definition) is 8. The number of ether oxygens (including phenoxy) is 3. The maximum atomic E-state index is 12.4. The van der Waals surface area contributed by atoms with E-state index in [1.807, 2.05) is 19.1 Å². The number of aromatic nitrogens is 2. The molecule has 0 N–H and O–H groups in total. The summed E-state index contributed by atoms with van der Waals surface area (Å²) in [6.45, 7) is 1.92. The lowest BCUT2D eigenvalue weighted by Crippen LogP contribution is -2.07. The molecule has 0 saturated heterocycles. The Morgan fingerprint density at radius 2 is 1.89 bits per heavy atom. The molecule has 3 aromatic rings. The van der Waals surface area contributed by atoms with E-state index in [1.54, 1.807) is 56.3 Å². The minimum Gasteiger partial charge on any atom is -0.493 e. The number of benzene rings is 2. The summed E-state index contributed by atoms with van der Waals surface area (Å²) in [6, 6.07) is 12.6. The van der Waals surface area contributed by atoms with Gasteiger partial charge in [-0.25, -0.2) is 4.79 Å². The molecular formula is C20H20N2O5S. The van der Waals surface area contributed by atoms with E-state index >= 15 is 0 Å². The van der Waals surface area contributed by atoms with E-state index < -0.39 is 5.97 Å². The van der Waals surface area contributed by atoms with Gasteiger partial charge in [0, 0.05) is 10.5 Å². The number of esters is 1. The van der Waals surface area contributed by atoms with Crippen LogP contribution < -0.4 is 9.47 Å². The van der Waals surface area contributed by atoms with Crippen LogP contribution in [0, 0.1) is 0 Å². The van der Waals surface area contributed by atoms with Gasteiger partial charge in [0.05, 0.1) is 19.8 Å². The minimum absolute atomic E-state index is 0.107. The predicted octanol–water partition coefficient (Wildman–Crippen LogP) is 4.22. The van der Waals surface area contributed by atoms with Crippen LogP contribution in [0.4, 0.5) is 0 Å². The second-order valence-electron chi connectivity index (χ2n) is 5.59. The van der Waals surface area contributed by atoms with Gasteiger partial charge >= 0.3 is 5.97 Å². The fourth-order valence-electron chi connectivity index (χ4n) is 2.53. The SMILES string of the molecule is CCSc1ccccc1C(=O)OCc1nc(-c2ccc(OC)c(OC)c2)no1. The van der Waals surface area contributed by atoms with Crippen LogP contribution >= 0.6 is 11.8 Å². The van der Waals surface area contributed by atoms with Gasteiger partial charge in [0.25, 0.3) is 5.89 Å². The zero-order chi connectivity index (χ0) is 19.9. The van der Waals surface area contributed by atoms with Crippen LogP contribution in [0.15, 0.2) is 51.9 Å². The predicted molar refractivity (Wildman–Crippen MR) is 105 cm³/mol. The highest BCUT2D eigenvalue weighted by Crippen LogP contribution is 2.31. The van der Waals surface area contributed by atoms with Gasteiger partial charge in [0.1, 0.15) is 0 Å². The van der Waals surface area contributed by atoms with Crippen molar-refractivity contribution < 1.29 is 23.5 Å². The van der Waals surface area contributed by atoms with Crippen LogP contribution in [0.25, 0.3) is 11.4 Å². The Morgan fingerprint density at radius 3 is 2.64 bits per heavy atom. The van der Waals surface area contributed by atoms with E-state index in [4.69, 9.17) is 18.7 Å². The van der Waals surface area contributed by atoms with Gasteiger partial charge in [0.2, 0.25) is 5.82 Å². The summed E-state index contributed by atoms with van der Waals surface area (Å²) in [5, 5.41) is 3.94. The fourth-order valence-corrected chi connectivity index (χ4v) is 3.32. The summed E-state index contributed by atoms with van der Waals surface area (Å²) < 4.78 is 21.0. The lowest BCUT2D eigenvalue weighted by Gasteiger charge is -2.07. The Bertz CT molecular complexity index is 957. The van der Waals surface area contributed by atoms with Crippen molar-refractivity contribution in [1.29, 1.82) is 0 Å². The summed E-state index contributed by atoms with van der Waals surface area (Å²) in [7, 11) is 3.12. The van der Waals surface area contributed by atoms with Crippen LogP contribution in [0.2, 0.25) is 0 Å². The first kappa shape index (κ1) is 19.8. The van der Waals surface area contributed by atoms with Gasteiger partial charge in [-0.05, 0) is 36.1 Å². The van der Waals surface area contributed by atoms with Crippen LogP contribution in [0.3, 0.4) is 0 Å². The Labute approximate surface area is 167 Å². The first-order valence-corrected chi connectivity index (χ1v) is 9.58. The van der Waals surface area contributed by atoms with Gasteiger partial charge in [-0.15, -0.1) is 11.8 Å². The van der Waals surface area contributed by atoms with Crippen molar-refractivity contribution in [3.63, 3.8) is 0 Å². The molecule has 0 amide bonds. The second kappa shape index (κ2) is 9.27. The maximum absolute atomic E-state index is 12.4. The van der Waals surface area contributed by atoms with Crippen molar-refractivity contribution >= 4 is 17.7 Å². The molecule has 0 radical (unpaired) electrons. The summed E-state index contributed by atoms with van der Waals surface area (Å²) >= 11 is 1.59.